The molecule has 0 saturated carbocycles. The van der Waals surface area contributed by atoms with Crippen molar-refractivity contribution in [2.75, 3.05) is 26.7 Å². The number of nitrogens with zero attached hydrogens (tertiary/aromatic N) is 4. The maximum absolute atomic E-state index is 12.1. The second-order valence-electron chi connectivity index (χ2n) is 8.70. The van der Waals surface area contributed by atoms with Crippen molar-refractivity contribution >= 4 is 36.0 Å². The fraction of sp³-hybridized carbons (Fsp3) is 0.522. The summed E-state index contributed by atoms with van der Waals surface area (Å²) < 4.78 is 12.4. The van der Waals surface area contributed by atoms with E-state index >= 15 is 0 Å². The summed E-state index contributed by atoms with van der Waals surface area (Å²) in [6.07, 6.45) is 2.39. The van der Waals surface area contributed by atoms with Gasteiger partial charge in [0.2, 0.25) is 0 Å². The predicted molar refractivity (Wildman–Crippen MR) is 140 cm³/mol. The molecule has 182 valence electrons. The Morgan fingerprint density at radius 3 is 2.61 bits per heavy atom. The second kappa shape index (κ2) is 12.1. The number of carbonyl (C=O) groups is 1. The molecule has 0 bridgehead atoms. The van der Waals surface area contributed by atoms with Crippen LogP contribution in [0.3, 0.4) is 0 Å². The van der Waals surface area contributed by atoms with E-state index in [9.17, 15) is 4.79 Å². The molecule has 3 rings (SSSR count). The molecule has 2 heterocycles. The van der Waals surface area contributed by atoms with Crippen molar-refractivity contribution in [1.29, 1.82) is 0 Å². The van der Waals surface area contributed by atoms with Gasteiger partial charge in [-0.3, -0.25) is 0 Å². The second-order valence-corrected chi connectivity index (χ2v) is 8.70. The lowest BCUT2D eigenvalue weighted by Crippen LogP contribution is -2.44. The van der Waals surface area contributed by atoms with Crippen LogP contribution in [0.15, 0.2) is 41.5 Å². The minimum atomic E-state index is -0.506. The van der Waals surface area contributed by atoms with Gasteiger partial charge in [0.05, 0.1) is 31.1 Å². The lowest BCUT2D eigenvalue weighted by molar-refractivity contribution is 0.0507. The first-order valence-electron chi connectivity index (χ1n) is 11.0. The Morgan fingerprint density at radius 2 is 1.97 bits per heavy atom. The topological polar surface area (TPSA) is 93.0 Å². The van der Waals surface area contributed by atoms with Crippen LogP contribution in [-0.4, -0.2) is 65.1 Å². The molecule has 2 aromatic rings. The highest BCUT2D eigenvalue weighted by Crippen LogP contribution is 2.15. The number of guanidine groups is 1. The van der Waals surface area contributed by atoms with Crippen LogP contribution in [0, 0.1) is 0 Å². The van der Waals surface area contributed by atoms with Gasteiger partial charge in [-0.2, -0.15) is 5.10 Å². The lowest BCUT2D eigenvalue weighted by Gasteiger charge is -2.23. The van der Waals surface area contributed by atoms with Crippen molar-refractivity contribution < 1.29 is 14.3 Å². The van der Waals surface area contributed by atoms with Gasteiger partial charge in [0.1, 0.15) is 11.4 Å². The summed E-state index contributed by atoms with van der Waals surface area (Å²) in [5.74, 6) is 1.63. The Labute approximate surface area is 212 Å². The third-order valence-corrected chi connectivity index (χ3v) is 4.92. The number of ether oxygens (including phenoxy) is 2. The van der Waals surface area contributed by atoms with Crippen molar-refractivity contribution in [1.82, 2.24) is 25.3 Å². The van der Waals surface area contributed by atoms with E-state index < -0.39 is 5.60 Å². The van der Waals surface area contributed by atoms with Gasteiger partial charge in [0, 0.05) is 25.8 Å². The molecule has 1 aliphatic heterocycles. The number of hydrogen-bond donors (Lipinski definition) is 2. The van der Waals surface area contributed by atoms with Gasteiger partial charge in [0.25, 0.3) is 0 Å². The standard InChI is InChI=1S/C23H34N6O3.HI/c1-6-24-21(28-13-11-18(16-28)26-22(30)32-23(2,3)4)25-15-17-12-14-29(27-17)19-7-9-20(31-5)10-8-19;/h7-10,12,14,18H,6,11,13,15-16H2,1-5H3,(H,24,25)(H,26,30);1H. The molecule has 0 aliphatic carbocycles. The summed E-state index contributed by atoms with van der Waals surface area (Å²) in [5, 5.41) is 10.9. The number of carbonyl (C=O) groups excluding carboxylic acids is 1. The average Bonchev–Trinajstić information content (AvgIpc) is 3.39. The Bertz CT molecular complexity index is 923. The highest BCUT2D eigenvalue weighted by atomic mass is 127. The van der Waals surface area contributed by atoms with Crippen LogP contribution >= 0.6 is 24.0 Å². The molecule has 1 aliphatic rings. The van der Waals surface area contributed by atoms with Gasteiger partial charge in [-0.05, 0) is 64.4 Å². The van der Waals surface area contributed by atoms with E-state index in [2.05, 4.69) is 20.6 Å². The summed E-state index contributed by atoms with van der Waals surface area (Å²) in [6, 6.07) is 9.74. The monoisotopic (exact) mass is 570 g/mol. The normalized spacial score (nSPS) is 16.2. The molecular formula is C23H35IN6O3. The van der Waals surface area contributed by atoms with E-state index in [-0.39, 0.29) is 36.1 Å². The first kappa shape index (κ1) is 26.7. The number of nitrogens with one attached hydrogen (secondary N) is 2. The van der Waals surface area contributed by atoms with Gasteiger partial charge < -0.3 is 25.0 Å². The number of amides is 1. The van der Waals surface area contributed by atoms with Crippen molar-refractivity contribution in [3.8, 4) is 11.4 Å². The molecule has 1 saturated heterocycles. The van der Waals surface area contributed by atoms with E-state index in [1.807, 2.05) is 68.9 Å². The van der Waals surface area contributed by atoms with E-state index in [0.29, 0.717) is 13.1 Å². The van der Waals surface area contributed by atoms with Gasteiger partial charge in [-0.1, -0.05) is 0 Å². The molecule has 1 fully saturated rings. The highest BCUT2D eigenvalue weighted by molar-refractivity contribution is 14.0. The van der Waals surface area contributed by atoms with Crippen LogP contribution in [0.2, 0.25) is 0 Å². The first-order valence-corrected chi connectivity index (χ1v) is 11.0. The van der Waals surface area contributed by atoms with Crippen LogP contribution < -0.4 is 15.4 Å². The predicted octanol–water partition coefficient (Wildman–Crippen LogP) is 3.56. The van der Waals surface area contributed by atoms with Crippen LogP contribution in [-0.2, 0) is 11.3 Å². The van der Waals surface area contributed by atoms with Gasteiger partial charge in [-0.25, -0.2) is 14.5 Å². The first-order chi connectivity index (χ1) is 15.3. The minimum absolute atomic E-state index is 0. The number of likely N-dealkylation sites (tertiary alicyclic amines) is 1. The third-order valence-electron chi connectivity index (χ3n) is 4.92. The maximum atomic E-state index is 12.1. The van der Waals surface area contributed by atoms with Crippen molar-refractivity contribution in [3.05, 3.63) is 42.2 Å². The Kier molecular flexibility index (Phi) is 9.81. The smallest absolute Gasteiger partial charge is 0.407 e. The molecule has 0 radical (unpaired) electrons. The molecule has 1 unspecified atom stereocenters. The van der Waals surface area contributed by atoms with Crippen molar-refractivity contribution in [2.45, 2.75) is 52.3 Å². The molecule has 9 nitrogen and oxygen atoms in total. The number of aromatic nitrogens is 2. The van der Waals surface area contributed by atoms with E-state index in [1.54, 1.807) is 7.11 Å². The van der Waals surface area contributed by atoms with Crippen LogP contribution in [0.25, 0.3) is 5.69 Å². The molecule has 10 heteroatoms. The van der Waals surface area contributed by atoms with Crippen LogP contribution in [0.4, 0.5) is 4.79 Å². The van der Waals surface area contributed by atoms with E-state index in [1.165, 1.54) is 0 Å². The fourth-order valence-corrected chi connectivity index (χ4v) is 3.45. The quantitative estimate of drug-likeness (QED) is 0.314. The summed E-state index contributed by atoms with van der Waals surface area (Å²) in [4.78, 5) is 19.0. The molecule has 1 atom stereocenters. The number of aliphatic imine (C=N–C) groups is 1. The number of benzene rings is 1. The molecule has 33 heavy (non-hydrogen) atoms. The number of alkyl carbamates (subject to hydrolysis) is 1. The summed E-state index contributed by atoms with van der Waals surface area (Å²) >= 11 is 0. The van der Waals surface area contributed by atoms with E-state index in [0.717, 1.165) is 42.6 Å². The Hall–Kier alpha value is -2.50. The number of hydrogen-bond acceptors (Lipinski definition) is 5. The summed E-state index contributed by atoms with van der Waals surface area (Å²) in [6.45, 7) is 10.3. The van der Waals surface area contributed by atoms with Gasteiger partial charge >= 0.3 is 6.09 Å². The number of rotatable bonds is 6. The lowest BCUT2D eigenvalue weighted by atomic mass is 10.2. The average molecular weight is 570 g/mol. The number of methoxy groups -OCH3 is 1. The Morgan fingerprint density at radius 1 is 1.24 bits per heavy atom. The number of halogens is 1. The zero-order chi connectivity index (χ0) is 23.1. The summed E-state index contributed by atoms with van der Waals surface area (Å²) in [5.41, 5.74) is 1.33. The maximum Gasteiger partial charge on any atom is 0.407 e. The largest absolute Gasteiger partial charge is 0.497 e. The zero-order valence-electron chi connectivity index (χ0n) is 20.0. The molecule has 1 aromatic carbocycles. The Balaban J connectivity index is 0.00000385. The van der Waals surface area contributed by atoms with Crippen LogP contribution in [0.5, 0.6) is 5.75 Å². The van der Waals surface area contributed by atoms with E-state index in [4.69, 9.17) is 14.5 Å². The zero-order valence-corrected chi connectivity index (χ0v) is 22.3. The fourth-order valence-electron chi connectivity index (χ4n) is 3.45. The summed E-state index contributed by atoms with van der Waals surface area (Å²) in [7, 11) is 1.65. The van der Waals surface area contributed by atoms with Crippen LogP contribution in [0.1, 0.15) is 39.8 Å². The molecule has 1 aromatic heterocycles. The molecular weight excluding hydrogens is 535 g/mol. The highest BCUT2D eigenvalue weighted by Gasteiger charge is 2.27. The third kappa shape index (κ3) is 8.09. The molecule has 0 spiro atoms. The SMILES string of the molecule is CCNC(=NCc1ccn(-c2ccc(OC)cc2)n1)N1CCC(NC(=O)OC(C)(C)C)C1.I. The van der Waals surface area contributed by atoms with Crippen molar-refractivity contribution in [2.24, 2.45) is 4.99 Å². The van der Waals surface area contributed by atoms with Gasteiger partial charge in [0.15, 0.2) is 5.96 Å². The molecule has 2 N–H and O–H groups in total. The van der Waals surface area contributed by atoms with Gasteiger partial charge in [-0.15, -0.1) is 24.0 Å². The molecule has 1 amide bonds. The minimum Gasteiger partial charge on any atom is -0.497 e. The van der Waals surface area contributed by atoms with Crippen molar-refractivity contribution in [3.63, 3.8) is 0 Å².